The zero-order valence-corrected chi connectivity index (χ0v) is 6.33. The van der Waals surface area contributed by atoms with Gasteiger partial charge in [0.1, 0.15) is 0 Å². The maximum atomic E-state index is 4.03. The van der Waals surface area contributed by atoms with Crippen molar-refractivity contribution in [3.05, 3.63) is 11.1 Å². The molecule has 0 aromatic carbocycles. The first kappa shape index (κ1) is 7.76. The number of hydrogen-bond acceptors (Lipinski definition) is 2. The number of nitrogens with zero attached hydrogens (tertiary/aromatic N) is 1. The Hall–Kier alpha value is -0.240. The fraction of sp³-hybridized carbons (Fsp3) is 0.500. The summed E-state index contributed by atoms with van der Waals surface area (Å²) in [5.74, 6) is 0. The fourth-order valence-corrected chi connectivity index (χ4v) is 0.807. The molecule has 2 heteroatoms. The Morgan fingerprint density at radius 3 is 2.62 bits per heavy atom. The third-order valence-corrected chi connectivity index (χ3v) is 1.20. The van der Waals surface area contributed by atoms with E-state index in [1.165, 1.54) is 0 Å². The molecule has 0 amide bonds. The molecule has 46 valence electrons. The highest BCUT2D eigenvalue weighted by atomic mass is 32.2. The minimum absolute atomic E-state index is 1.07. The van der Waals surface area contributed by atoms with Crippen LogP contribution in [0, 0.1) is 0 Å². The molecule has 8 heavy (non-hydrogen) atoms. The normalized spacial score (nSPS) is 13.1. The van der Waals surface area contributed by atoms with Gasteiger partial charge in [0.2, 0.25) is 0 Å². The fourth-order valence-electron chi connectivity index (χ4n) is 0.405. The van der Waals surface area contributed by atoms with Crippen molar-refractivity contribution in [2.45, 2.75) is 13.8 Å². The highest BCUT2D eigenvalue weighted by Gasteiger charge is 1.75. The molecule has 0 atom stereocenters. The molecule has 0 fully saturated rings. The maximum absolute atomic E-state index is 4.03. The lowest BCUT2D eigenvalue weighted by atomic mass is 10.6. The topological polar surface area (TPSA) is 12.4 Å². The van der Waals surface area contributed by atoms with Crippen molar-refractivity contribution in [3.63, 3.8) is 0 Å². The lowest BCUT2D eigenvalue weighted by Gasteiger charge is -1.85. The van der Waals surface area contributed by atoms with Gasteiger partial charge in [0.15, 0.2) is 0 Å². The maximum Gasteiger partial charge on any atom is 0.0431 e. The van der Waals surface area contributed by atoms with Gasteiger partial charge in [-0.05, 0) is 25.5 Å². The third-order valence-electron chi connectivity index (χ3n) is 0.621. The molecule has 0 aliphatic carbocycles. The summed E-state index contributed by atoms with van der Waals surface area (Å²) in [6, 6.07) is 0. The van der Waals surface area contributed by atoms with Crippen LogP contribution in [-0.2, 0) is 0 Å². The zero-order valence-electron chi connectivity index (χ0n) is 5.51. The highest BCUT2D eigenvalue weighted by Crippen LogP contribution is 2.01. The van der Waals surface area contributed by atoms with Crippen molar-refractivity contribution >= 4 is 18.0 Å². The van der Waals surface area contributed by atoms with E-state index in [1.807, 2.05) is 25.5 Å². The van der Waals surface area contributed by atoms with Crippen molar-refractivity contribution in [3.8, 4) is 0 Å². The Balaban J connectivity index is 3.61. The van der Waals surface area contributed by atoms with Crippen molar-refractivity contribution in [1.82, 2.24) is 0 Å². The van der Waals surface area contributed by atoms with E-state index in [9.17, 15) is 0 Å². The molecule has 0 N–H and O–H groups in total. The van der Waals surface area contributed by atoms with Crippen LogP contribution >= 0.6 is 11.8 Å². The molecule has 0 bridgehead atoms. The van der Waals surface area contributed by atoms with Gasteiger partial charge in [-0.3, -0.25) is 4.99 Å². The van der Waals surface area contributed by atoms with Crippen molar-refractivity contribution in [1.29, 1.82) is 0 Å². The summed E-state index contributed by atoms with van der Waals surface area (Å²) < 4.78 is 0. The molecule has 1 nitrogen and oxygen atoms in total. The van der Waals surface area contributed by atoms with Gasteiger partial charge in [-0.25, -0.2) is 0 Å². The van der Waals surface area contributed by atoms with E-state index < -0.39 is 0 Å². The minimum atomic E-state index is 1.07. The van der Waals surface area contributed by atoms with E-state index in [1.54, 1.807) is 18.0 Å². The summed E-state index contributed by atoms with van der Waals surface area (Å²) in [5.41, 5.74) is 1.07. The van der Waals surface area contributed by atoms with Crippen LogP contribution in [0.15, 0.2) is 16.1 Å². The average Bonchev–Trinajstić information content (AvgIpc) is 1.68. The van der Waals surface area contributed by atoms with E-state index in [4.69, 9.17) is 0 Å². The molecular formula is C6H11NS. The number of hydrogen-bond donors (Lipinski definition) is 0. The van der Waals surface area contributed by atoms with E-state index in [0.29, 0.717) is 0 Å². The molecule has 0 saturated carbocycles. The van der Waals surface area contributed by atoms with Crippen LogP contribution in [0.3, 0.4) is 0 Å². The van der Waals surface area contributed by atoms with E-state index in [-0.39, 0.29) is 0 Å². The van der Waals surface area contributed by atoms with Crippen LogP contribution < -0.4 is 0 Å². The Bertz CT molecular complexity index is 105. The van der Waals surface area contributed by atoms with Gasteiger partial charge in [0.05, 0.1) is 0 Å². The van der Waals surface area contributed by atoms with E-state index >= 15 is 0 Å². The van der Waals surface area contributed by atoms with Crippen LogP contribution in [-0.4, -0.2) is 12.5 Å². The van der Waals surface area contributed by atoms with Gasteiger partial charge in [-0.1, -0.05) is 0 Å². The first-order valence-electron chi connectivity index (χ1n) is 2.49. The van der Waals surface area contributed by atoms with Crippen LogP contribution in [0.2, 0.25) is 0 Å². The first-order chi connectivity index (χ1) is 3.81. The summed E-state index contributed by atoms with van der Waals surface area (Å²) in [4.78, 5) is 4.03. The number of rotatable bonds is 2. The minimum Gasteiger partial charge on any atom is -0.266 e. The summed E-state index contributed by atoms with van der Waals surface area (Å²) in [6.07, 6.45) is 3.82. The van der Waals surface area contributed by atoms with Gasteiger partial charge in [-0.2, -0.15) is 0 Å². The Labute approximate surface area is 54.9 Å². The van der Waals surface area contributed by atoms with E-state index in [0.717, 1.165) is 5.70 Å². The van der Waals surface area contributed by atoms with Gasteiger partial charge in [0, 0.05) is 11.9 Å². The summed E-state index contributed by atoms with van der Waals surface area (Å²) in [7, 11) is 0. The smallest absolute Gasteiger partial charge is 0.0431 e. The molecule has 0 aromatic rings. The van der Waals surface area contributed by atoms with Crippen molar-refractivity contribution in [2.75, 3.05) is 6.26 Å². The average molecular weight is 129 g/mol. The molecule has 0 aliphatic heterocycles. The second-order valence-corrected chi connectivity index (χ2v) is 2.09. The molecule has 0 heterocycles. The van der Waals surface area contributed by atoms with Gasteiger partial charge < -0.3 is 0 Å². The standard InChI is InChI=1S/C6H11NS/c1-4-7-6(2)5-8-3/h4-5H,1-3H3/b6-5-,7-4-. The molecule has 0 rings (SSSR count). The largest absolute Gasteiger partial charge is 0.266 e. The highest BCUT2D eigenvalue weighted by molar-refractivity contribution is 8.01. The molecule has 0 radical (unpaired) electrons. The second-order valence-electron chi connectivity index (χ2n) is 1.38. The van der Waals surface area contributed by atoms with Crippen molar-refractivity contribution in [2.24, 2.45) is 4.99 Å². The van der Waals surface area contributed by atoms with Crippen LogP contribution in [0.1, 0.15) is 13.8 Å². The third kappa shape index (κ3) is 3.93. The van der Waals surface area contributed by atoms with Crippen molar-refractivity contribution < 1.29 is 0 Å². The molecule has 0 spiro atoms. The van der Waals surface area contributed by atoms with Gasteiger partial charge >= 0.3 is 0 Å². The summed E-state index contributed by atoms with van der Waals surface area (Å²) in [6.45, 7) is 3.90. The Morgan fingerprint density at radius 2 is 2.25 bits per heavy atom. The van der Waals surface area contributed by atoms with Gasteiger partial charge in [-0.15, -0.1) is 11.8 Å². The van der Waals surface area contributed by atoms with E-state index in [2.05, 4.69) is 4.99 Å². The summed E-state index contributed by atoms with van der Waals surface area (Å²) >= 11 is 1.67. The van der Waals surface area contributed by atoms with Crippen LogP contribution in [0.25, 0.3) is 0 Å². The predicted octanol–water partition coefficient (Wildman–Crippen LogP) is 2.30. The lowest BCUT2D eigenvalue weighted by Crippen LogP contribution is -1.65. The molecular weight excluding hydrogens is 118 g/mol. The first-order valence-corrected chi connectivity index (χ1v) is 3.78. The zero-order chi connectivity index (χ0) is 6.41. The number of allylic oxidation sites excluding steroid dienone is 1. The number of thioether (sulfide) groups is 1. The van der Waals surface area contributed by atoms with Gasteiger partial charge in [0.25, 0.3) is 0 Å². The molecule has 0 saturated heterocycles. The SMILES string of the molecule is C/C=N\C(C)=C/SC. The second kappa shape index (κ2) is 4.91. The lowest BCUT2D eigenvalue weighted by molar-refractivity contribution is 1.33. The monoisotopic (exact) mass is 129 g/mol. The van der Waals surface area contributed by atoms with Crippen LogP contribution in [0.5, 0.6) is 0 Å². The molecule has 0 unspecified atom stereocenters. The number of aliphatic imine (C=N–C) groups is 1. The summed E-state index contributed by atoms with van der Waals surface area (Å²) in [5, 5.41) is 2.01. The van der Waals surface area contributed by atoms with Crippen LogP contribution in [0.4, 0.5) is 0 Å². The molecule has 0 aliphatic rings. The Morgan fingerprint density at radius 1 is 1.62 bits per heavy atom. The quantitative estimate of drug-likeness (QED) is 0.521. The molecule has 0 aromatic heterocycles. The predicted molar refractivity (Wildman–Crippen MR) is 41.4 cm³/mol. The Kier molecular flexibility index (Phi) is 4.76.